The molecule has 0 unspecified atom stereocenters. The quantitative estimate of drug-likeness (QED) is 0.441. The van der Waals surface area contributed by atoms with Crippen LogP contribution in [0.15, 0.2) is 60.3 Å². The molecule has 0 aliphatic carbocycles. The topological polar surface area (TPSA) is 57.8 Å². The molecule has 4 nitrogen and oxygen atoms in total. The first-order valence-corrected chi connectivity index (χ1v) is 8.13. The molecule has 0 saturated carbocycles. The molecule has 0 spiro atoms. The molecule has 0 fully saturated rings. The summed E-state index contributed by atoms with van der Waals surface area (Å²) in [6.07, 6.45) is 8.89. The summed E-state index contributed by atoms with van der Waals surface area (Å²) in [5, 5.41) is 13.2. The number of fused-ring (bicyclic) bond motifs is 1. The van der Waals surface area contributed by atoms with Crippen molar-refractivity contribution in [1.29, 1.82) is 5.26 Å². The highest BCUT2D eigenvalue weighted by Crippen LogP contribution is 2.24. The second kappa shape index (κ2) is 7.42. The van der Waals surface area contributed by atoms with Gasteiger partial charge in [-0.3, -0.25) is 4.79 Å². The molecule has 4 heteroatoms. The van der Waals surface area contributed by atoms with Crippen molar-refractivity contribution in [2.75, 3.05) is 5.32 Å². The fourth-order valence-electron chi connectivity index (χ4n) is 2.84. The monoisotopic (exact) mass is 339 g/mol. The summed E-state index contributed by atoms with van der Waals surface area (Å²) in [6.45, 7) is 2.36. The van der Waals surface area contributed by atoms with Crippen molar-refractivity contribution in [3.8, 4) is 18.4 Å². The Balaban J connectivity index is 1.97. The van der Waals surface area contributed by atoms with Crippen LogP contribution in [0, 0.1) is 30.6 Å². The lowest BCUT2D eigenvalue weighted by Gasteiger charge is -2.05. The SMILES string of the molecule is C#CCn1cc(C=C(C#N)C(=O)Nc2cccc(C)c2)c2ccccc21. The zero-order valence-corrected chi connectivity index (χ0v) is 14.4. The number of amides is 1. The molecule has 126 valence electrons. The Morgan fingerprint density at radius 2 is 2.08 bits per heavy atom. The predicted molar refractivity (Wildman–Crippen MR) is 104 cm³/mol. The Morgan fingerprint density at radius 3 is 2.81 bits per heavy atom. The van der Waals surface area contributed by atoms with Gasteiger partial charge in [0.15, 0.2) is 0 Å². The lowest BCUT2D eigenvalue weighted by molar-refractivity contribution is -0.112. The Labute approximate surface area is 152 Å². The van der Waals surface area contributed by atoms with E-state index in [-0.39, 0.29) is 5.57 Å². The van der Waals surface area contributed by atoms with Crippen molar-refractivity contribution in [1.82, 2.24) is 4.57 Å². The number of benzene rings is 2. The van der Waals surface area contributed by atoms with Crippen LogP contribution in [-0.4, -0.2) is 10.5 Å². The van der Waals surface area contributed by atoms with Crippen LogP contribution < -0.4 is 5.32 Å². The number of anilines is 1. The molecule has 0 bridgehead atoms. The van der Waals surface area contributed by atoms with Crippen LogP contribution in [0.5, 0.6) is 0 Å². The molecule has 1 heterocycles. The molecule has 1 N–H and O–H groups in total. The number of rotatable bonds is 4. The van der Waals surface area contributed by atoms with Gasteiger partial charge < -0.3 is 9.88 Å². The van der Waals surface area contributed by atoms with E-state index in [4.69, 9.17) is 6.42 Å². The minimum absolute atomic E-state index is 0.0371. The molecule has 1 aromatic heterocycles. The number of terminal acetylenes is 1. The summed E-state index contributed by atoms with van der Waals surface area (Å²) in [4.78, 5) is 12.5. The molecule has 1 amide bonds. The number of para-hydroxylation sites is 1. The van der Waals surface area contributed by atoms with Gasteiger partial charge in [-0.25, -0.2) is 0 Å². The Bertz CT molecular complexity index is 1090. The molecule has 0 aliphatic rings. The van der Waals surface area contributed by atoms with Crippen molar-refractivity contribution in [3.63, 3.8) is 0 Å². The summed E-state index contributed by atoms with van der Waals surface area (Å²) in [5.74, 6) is 2.18. The van der Waals surface area contributed by atoms with Gasteiger partial charge in [0.1, 0.15) is 11.6 Å². The molecule has 2 aromatic carbocycles. The van der Waals surface area contributed by atoms with Gasteiger partial charge in [0.25, 0.3) is 5.91 Å². The third kappa shape index (κ3) is 3.50. The lowest BCUT2D eigenvalue weighted by Crippen LogP contribution is -2.13. The van der Waals surface area contributed by atoms with E-state index in [2.05, 4.69) is 11.2 Å². The number of nitrogens with zero attached hydrogens (tertiary/aromatic N) is 2. The van der Waals surface area contributed by atoms with Gasteiger partial charge in [-0.1, -0.05) is 36.3 Å². The maximum absolute atomic E-state index is 12.5. The third-order valence-electron chi connectivity index (χ3n) is 4.02. The summed E-state index contributed by atoms with van der Waals surface area (Å²) >= 11 is 0. The van der Waals surface area contributed by atoms with Crippen molar-refractivity contribution in [2.45, 2.75) is 13.5 Å². The summed E-state index contributed by atoms with van der Waals surface area (Å²) in [7, 11) is 0. The number of carbonyl (C=O) groups excluding carboxylic acids is 1. The van der Waals surface area contributed by atoms with E-state index >= 15 is 0 Å². The van der Waals surface area contributed by atoms with E-state index < -0.39 is 5.91 Å². The number of carbonyl (C=O) groups is 1. The molecule has 0 atom stereocenters. The molecule has 0 aliphatic heterocycles. The van der Waals surface area contributed by atoms with Crippen molar-refractivity contribution >= 4 is 28.6 Å². The van der Waals surface area contributed by atoms with Crippen molar-refractivity contribution in [3.05, 3.63) is 71.4 Å². The fraction of sp³-hybridized carbons (Fsp3) is 0.0909. The zero-order chi connectivity index (χ0) is 18.5. The first kappa shape index (κ1) is 17.1. The first-order chi connectivity index (χ1) is 12.6. The van der Waals surface area contributed by atoms with E-state index in [0.29, 0.717) is 12.2 Å². The second-order valence-corrected chi connectivity index (χ2v) is 5.93. The van der Waals surface area contributed by atoms with Crippen LogP contribution in [0.25, 0.3) is 17.0 Å². The van der Waals surface area contributed by atoms with E-state index in [1.54, 1.807) is 12.1 Å². The van der Waals surface area contributed by atoms with Crippen LogP contribution in [0.3, 0.4) is 0 Å². The van der Waals surface area contributed by atoms with Crippen molar-refractivity contribution in [2.24, 2.45) is 0 Å². The minimum atomic E-state index is -0.438. The Kier molecular flexibility index (Phi) is 4.87. The van der Waals surface area contributed by atoms with Crippen LogP contribution in [0.2, 0.25) is 0 Å². The largest absolute Gasteiger partial charge is 0.335 e. The minimum Gasteiger partial charge on any atom is -0.335 e. The Hall–Kier alpha value is -3.76. The van der Waals surface area contributed by atoms with E-state index in [1.165, 1.54) is 0 Å². The second-order valence-electron chi connectivity index (χ2n) is 5.93. The van der Waals surface area contributed by atoms with Gasteiger partial charge in [-0.15, -0.1) is 6.42 Å². The van der Waals surface area contributed by atoms with Gasteiger partial charge in [-0.05, 0) is 36.8 Å². The molecule has 3 aromatic rings. The summed E-state index contributed by atoms with van der Waals surface area (Å²) in [6, 6.07) is 17.2. The molecular weight excluding hydrogens is 322 g/mol. The standard InChI is InChI=1S/C22H17N3O/c1-3-11-25-15-18(20-9-4-5-10-21(20)25)13-17(14-23)22(26)24-19-8-6-7-16(2)12-19/h1,4-10,12-13,15H,11H2,2H3,(H,24,26). The molecule has 3 rings (SSSR count). The van der Waals surface area contributed by atoms with Gasteiger partial charge >= 0.3 is 0 Å². The highest BCUT2D eigenvalue weighted by Gasteiger charge is 2.12. The van der Waals surface area contributed by atoms with Crippen molar-refractivity contribution < 1.29 is 4.79 Å². The van der Waals surface area contributed by atoms with Crippen LogP contribution in [0.4, 0.5) is 5.69 Å². The van der Waals surface area contributed by atoms with E-state index in [0.717, 1.165) is 22.0 Å². The fourth-order valence-corrected chi connectivity index (χ4v) is 2.84. The maximum Gasteiger partial charge on any atom is 0.266 e. The smallest absolute Gasteiger partial charge is 0.266 e. The summed E-state index contributed by atoms with van der Waals surface area (Å²) < 4.78 is 1.93. The highest BCUT2D eigenvalue weighted by atomic mass is 16.1. The highest BCUT2D eigenvalue weighted by molar-refractivity contribution is 6.10. The van der Waals surface area contributed by atoms with E-state index in [1.807, 2.05) is 66.2 Å². The number of hydrogen-bond acceptors (Lipinski definition) is 2. The normalized spacial score (nSPS) is 11.0. The van der Waals surface area contributed by atoms with Gasteiger partial charge in [0.05, 0.1) is 6.54 Å². The number of hydrogen-bond donors (Lipinski definition) is 1. The number of aromatic nitrogens is 1. The zero-order valence-electron chi connectivity index (χ0n) is 14.4. The molecular formula is C22H17N3O. The molecule has 0 saturated heterocycles. The first-order valence-electron chi connectivity index (χ1n) is 8.13. The van der Waals surface area contributed by atoms with Gasteiger partial charge in [0, 0.05) is 28.4 Å². The predicted octanol–water partition coefficient (Wildman–Crippen LogP) is 4.13. The van der Waals surface area contributed by atoms with Crippen LogP contribution in [0.1, 0.15) is 11.1 Å². The van der Waals surface area contributed by atoms with Crippen LogP contribution >= 0.6 is 0 Å². The average Bonchev–Trinajstić information content (AvgIpc) is 2.98. The van der Waals surface area contributed by atoms with Crippen LogP contribution in [-0.2, 0) is 11.3 Å². The van der Waals surface area contributed by atoms with E-state index in [9.17, 15) is 10.1 Å². The Morgan fingerprint density at radius 1 is 1.27 bits per heavy atom. The number of nitriles is 1. The number of aryl methyl sites for hydroxylation is 1. The summed E-state index contributed by atoms with van der Waals surface area (Å²) in [5.41, 5.74) is 3.48. The lowest BCUT2D eigenvalue weighted by atomic mass is 10.1. The molecule has 0 radical (unpaired) electrons. The number of nitrogens with one attached hydrogen (secondary N) is 1. The maximum atomic E-state index is 12.5. The van der Waals surface area contributed by atoms with Gasteiger partial charge in [-0.2, -0.15) is 5.26 Å². The third-order valence-corrected chi connectivity index (χ3v) is 4.02. The van der Waals surface area contributed by atoms with Gasteiger partial charge in [0.2, 0.25) is 0 Å². The average molecular weight is 339 g/mol. The molecule has 26 heavy (non-hydrogen) atoms.